The number of hydrogen-bond acceptors (Lipinski definition) is 3. The average molecular weight is 142 g/mol. The lowest BCUT2D eigenvalue weighted by Crippen LogP contribution is -2.69. The maximum atomic E-state index is 3.58. The number of nitrogens with one attached hydrogen (secondary N) is 1. The first-order valence-corrected chi connectivity index (χ1v) is 4.62. The van der Waals surface area contributed by atoms with Crippen molar-refractivity contribution in [3.63, 3.8) is 0 Å². The molecule has 4 heterocycles. The van der Waals surface area contributed by atoms with Crippen LogP contribution in [0, 0.1) is 0 Å². The van der Waals surface area contributed by atoms with Crippen LogP contribution < -0.4 is 5.32 Å². The molecule has 0 amide bonds. The topological polar surface area (TPSA) is 15.3 Å². The molecule has 2 bridgehead atoms. The van der Waals surface area contributed by atoms with Crippen molar-refractivity contribution in [1.82, 2.24) is 10.2 Å². The minimum absolute atomic E-state index is 0.495. The predicted molar refractivity (Wildman–Crippen MR) is 38.1 cm³/mol. The third kappa shape index (κ3) is 0.407. The molecular weight excluding hydrogens is 132 g/mol. The Kier molecular flexibility index (Phi) is 0.726. The molecule has 0 aromatic rings. The van der Waals surface area contributed by atoms with Gasteiger partial charge in [0.15, 0.2) is 0 Å². The van der Waals surface area contributed by atoms with Crippen LogP contribution in [0.2, 0.25) is 0 Å². The zero-order chi connectivity index (χ0) is 5.90. The molecule has 4 fully saturated rings. The van der Waals surface area contributed by atoms with Crippen molar-refractivity contribution in [3.05, 3.63) is 0 Å². The molecule has 4 rings (SSSR count). The van der Waals surface area contributed by atoms with Gasteiger partial charge in [-0.3, -0.25) is 10.2 Å². The Hall–Kier alpha value is 0.270. The fourth-order valence-corrected chi connectivity index (χ4v) is 3.80. The number of fused-ring (bicyclic) bond motifs is 1. The Balaban J connectivity index is 2.02. The second-order valence-electron chi connectivity index (χ2n) is 3.14. The summed E-state index contributed by atoms with van der Waals surface area (Å²) in [4.78, 5) is 2.61. The van der Waals surface area contributed by atoms with Gasteiger partial charge in [0.05, 0.1) is 5.66 Å². The van der Waals surface area contributed by atoms with Gasteiger partial charge in [-0.2, -0.15) is 0 Å². The van der Waals surface area contributed by atoms with Crippen LogP contribution in [0.15, 0.2) is 0 Å². The summed E-state index contributed by atoms with van der Waals surface area (Å²) in [5.41, 5.74) is 1.20. The summed E-state index contributed by atoms with van der Waals surface area (Å²) in [6.45, 7) is 1.34. The van der Waals surface area contributed by atoms with Gasteiger partial charge in [0.1, 0.15) is 5.50 Å². The van der Waals surface area contributed by atoms with Crippen LogP contribution in [0.5, 0.6) is 0 Å². The second-order valence-corrected chi connectivity index (χ2v) is 4.20. The van der Waals surface area contributed by atoms with Gasteiger partial charge in [-0.05, 0) is 12.8 Å². The molecule has 1 unspecified atom stereocenters. The Morgan fingerprint density at radius 3 is 3.44 bits per heavy atom. The normalized spacial score (nSPS) is 55.3. The zero-order valence-corrected chi connectivity index (χ0v) is 6.08. The molecule has 0 aliphatic carbocycles. The maximum Gasteiger partial charge on any atom is 0.111 e. The maximum absolute atomic E-state index is 3.58. The second kappa shape index (κ2) is 1.31. The van der Waals surface area contributed by atoms with Crippen molar-refractivity contribution in [2.45, 2.75) is 24.0 Å². The summed E-state index contributed by atoms with van der Waals surface area (Å²) in [5, 5.41) is 3.58. The van der Waals surface area contributed by atoms with E-state index in [4.69, 9.17) is 0 Å². The van der Waals surface area contributed by atoms with E-state index in [1.807, 2.05) is 0 Å². The molecule has 3 heteroatoms. The largest absolute Gasteiger partial charge is 0.274 e. The molecule has 2 nitrogen and oxygen atoms in total. The molecule has 1 N–H and O–H groups in total. The Labute approximate surface area is 59.0 Å². The van der Waals surface area contributed by atoms with Crippen molar-refractivity contribution in [3.8, 4) is 0 Å². The van der Waals surface area contributed by atoms with E-state index in [1.54, 1.807) is 0 Å². The van der Waals surface area contributed by atoms with Gasteiger partial charge in [-0.1, -0.05) is 0 Å². The first-order valence-electron chi connectivity index (χ1n) is 3.57. The van der Waals surface area contributed by atoms with Gasteiger partial charge in [0, 0.05) is 12.3 Å². The minimum atomic E-state index is 0.495. The Bertz CT molecular complexity index is 152. The van der Waals surface area contributed by atoms with Crippen LogP contribution in [0.4, 0.5) is 0 Å². The van der Waals surface area contributed by atoms with Crippen molar-refractivity contribution in [1.29, 1.82) is 0 Å². The van der Waals surface area contributed by atoms with Gasteiger partial charge in [0.25, 0.3) is 0 Å². The van der Waals surface area contributed by atoms with E-state index >= 15 is 0 Å². The molecule has 1 spiro atoms. The molecule has 50 valence electrons. The molecule has 9 heavy (non-hydrogen) atoms. The highest BCUT2D eigenvalue weighted by Gasteiger charge is 2.59. The summed E-state index contributed by atoms with van der Waals surface area (Å²) < 4.78 is 0. The van der Waals surface area contributed by atoms with Gasteiger partial charge < -0.3 is 0 Å². The smallest absolute Gasteiger partial charge is 0.111 e. The van der Waals surface area contributed by atoms with Gasteiger partial charge in [-0.15, -0.1) is 11.8 Å². The summed E-state index contributed by atoms with van der Waals surface area (Å²) >= 11 is 2.07. The van der Waals surface area contributed by atoms with Crippen molar-refractivity contribution < 1.29 is 0 Å². The summed E-state index contributed by atoms with van der Waals surface area (Å²) in [7, 11) is 0. The minimum Gasteiger partial charge on any atom is -0.274 e. The van der Waals surface area contributed by atoms with Crippen molar-refractivity contribution in [2.75, 3.05) is 12.3 Å². The highest BCUT2D eigenvalue weighted by atomic mass is 32.2. The van der Waals surface area contributed by atoms with Gasteiger partial charge in [-0.25, -0.2) is 0 Å². The lowest BCUT2D eigenvalue weighted by molar-refractivity contribution is 0.00108. The fraction of sp³-hybridized carbons (Fsp3) is 1.00. The average Bonchev–Trinajstić information content (AvgIpc) is 2.37. The van der Waals surface area contributed by atoms with Crippen LogP contribution in [0.25, 0.3) is 0 Å². The lowest BCUT2D eigenvalue weighted by Gasteiger charge is -2.46. The van der Waals surface area contributed by atoms with E-state index < -0.39 is 0 Å². The molecule has 0 aromatic carbocycles. The molecular formula is C6H10N2S. The van der Waals surface area contributed by atoms with E-state index in [-0.39, 0.29) is 0 Å². The summed E-state index contributed by atoms with van der Waals surface area (Å²) in [6.07, 6.45) is 2.79. The van der Waals surface area contributed by atoms with Crippen LogP contribution in [-0.2, 0) is 0 Å². The molecule has 4 aliphatic heterocycles. The number of nitrogens with zero attached hydrogens (tertiary/aromatic N) is 1. The van der Waals surface area contributed by atoms with E-state index in [0.29, 0.717) is 11.2 Å². The summed E-state index contributed by atoms with van der Waals surface area (Å²) in [6, 6.07) is 0. The highest BCUT2D eigenvalue weighted by Crippen LogP contribution is 2.49. The number of rotatable bonds is 0. The van der Waals surface area contributed by atoms with Gasteiger partial charge in [0.2, 0.25) is 0 Å². The Morgan fingerprint density at radius 1 is 1.67 bits per heavy atom. The lowest BCUT2D eigenvalue weighted by atomic mass is 10.1. The van der Waals surface area contributed by atoms with Crippen LogP contribution in [0.1, 0.15) is 12.8 Å². The standard InChI is InChI=1S/C6H10N2S/c1-2-6-4-9-5(7-6)8(6)3-1/h5,7H,1-4H2/t5?,6-/m0/s1. The molecule has 4 aliphatic rings. The van der Waals surface area contributed by atoms with Crippen molar-refractivity contribution in [2.24, 2.45) is 0 Å². The van der Waals surface area contributed by atoms with E-state index in [2.05, 4.69) is 22.0 Å². The molecule has 0 radical (unpaired) electrons. The van der Waals surface area contributed by atoms with Crippen LogP contribution in [-0.4, -0.2) is 28.4 Å². The van der Waals surface area contributed by atoms with E-state index in [0.717, 1.165) is 0 Å². The predicted octanol–water partition coefficient (Wildman–Crippen LogP) is 0.412. The third-order valence-electron chi connectivity index (χ3n) is 2.69. The molecule has 2 atom stereocenters. The summed E-state index contributed by atoms with van der Waals surface area (Å²) in [5.74, 6) is 1.33. The number of hydrogen-bond donors (Lipinski definition) is 1. The zero-order valence-electron chi connectivity index (χ0n) is 5.26. The monoisotopic (exact) mass is 142 g/mol. The first kappa shape index (κ1) is 4.99. The Morgan fingerprint density at radius 2 is 2.67 bits per heavy atom. The van der Waals surface area contributed by atoms with Crippen LogP contribution in [0.3, 0.4) is 0 Å². The molecule has 0 aromatic heterocycles. The van der Waals surface area contributed by atoms with Gasteiger partial charge >= 0.3 is 0 Å². The number of thioether (sulfide) groups is 1. The first-order chi connectivity index (χ1) is 4.41. The van der Waals surface area contributed by atoms with E-state index in [9.17, 15) is 0 Å². The highest BCUT2D eigenvalue weighted by molar-refractivity contribution is 8.00. The fourth-order valence-electron chi connectivity index (χ4n) is 2.18. The SMILES string of the molecule is C1CN2C3N[C@]2(C1)CS3. The third-order valence-corrected chi connectivity index (χ3v) is 4.03. The van der Waals surface area contributed by atoms with Crippen LogP contribution >= 0.6 is 11.8 Å². The quantitative estimate of drug-likeness (QED) is 0.527. The molecule has 4 saturated heterocycles. The van der Waals surface area contributed by atoms with Crippen molar-refractivity contribution >= 4 is 11.8 Å². The molecule has 0 saturated carbocycles. The van der Waals surface area contributed by atoms with E-state index in [1.165, 1.54) is 25.1 Å².